The highest BCUT2D eigenvalue weighted by molar-refractivity contribution is 7.94. The molecule has 6 nitrogen and oxygen atoms in total. The van der Waals surface area contributed by atoms with Gasteiger partial charge in [0.05, 0.1) is 25.5 Å². The third-order valence-corrected chi connectivity index (χ3v) is 5.69. The fraction of sp³-hybridized carbons (Fsp3) is 0.350. The maximum Gasteiger partial charge on any atom is 0.203 e. The summed E-state index contributed by atoms with van der Waals surface area (Å²) in [5.74, 6) is 0.380. The lowest BCUT2D eigenvalue weighted by atomic mass is 10.3. The van der Waals surface area contributed by atoms with Gasteiger partial charge in [-0.2, -0.15) is 0 Å². The number of benzene rings is 1. The number of hydrogen-bond acceptors (Lipinski definition) is 6. The van der Waals surface area contributed by atoms with Crippen LogP contribution in [-0.2, 0) is 14.6 Å². The van der Waals surface area contributed by atoms with Gasteiger partial charge < -0.3 is 9.47 Å². The van der Waals surface area contributed by atoms with Gasteiger partial charge in [-0.3, -0.25) is 9.88 Å². The summed E-state index contributed by atoms with van der Waals surface area (Å²) in [6, 6.07) is 12.1. The van der Waals surface area contributed by atoms with E-state index in [1.54, 1.807) is 42.6 Å². The van der Waals surface area contributed by atoms with Crippen LogP contribution in [0.2, 0.25) is 0 Å². The first-order chi connectivity index (χ1) is 13.1. The van der Waals surface area contributed by atoms with Gasteiger partial charge in [0.2, 0.25) is 9.84 Å². The largest absolute Gasteiger partial charge is 0.492 e. The first-order valence-electron chi connectivity index (χ1n) is 9.01. The van der Waals surface area contributed by atoms with Crippen LogP contribution in [-0.4, -0.2) is 57.8 Å². The molecular formula is C20H25ClN2O4S. The number of para-hydroxylation sites is 1. The molecule has 1 saturated heterocycles. The third-order valence-electron chi connectivity index (χ3n) is 4.24. The van der Waals surface area contributed by atoms with Gasteiger partial charge in [-0.1, -0.05) is 18.2 Å². The summed E-state index contributed by atoms with van der Waals surface area (Å²) in [7, 11) is -3.62. The Morgan fingerprint density at radius 1 is 1.11 bits per heavy atom. The van der Waals surface area contributed by atoms with E-state index < -0.39 is 9.84 Å². The van der Waals surface area contributed by atoms with Gasteiger partial charge in [0.25, 0.3) is 0 Å². The van der Waals surface area contributed by atoms with Crippen LogP contribution in [0.1, 0.15) is 12.1 Å². The molecule has 1 fully saturated rings. The smallest absolute Gasteiger partial charge is 0.203 e. The van der Waals surface area contributed by atoms with E-state index in [0.717, 1.165) is 39.3 Å². The zero-order valence-corrected chi connectivity index (χ0v) is 17.2. The highest BCUT2D eigenvalue weighted by Gasteiger charge is 2.17. The molecular weight excluding hydrogens is 400 g/mol. The minimum Gasteiger partial charge on any atom is -0.492 e. The Labute approximate surface area is 172 Å². The van der Waals surface area contributed by atoms with E-state index >= 15 is 0 Å². The van der Waals surface area contributed by atoms with Crippen molar-refractivity contribution in [3.8, 4) is 5.75 Å². The quantitative estimate of drug-likeness (QED) is 0.606. The second-order valence-corrected chi connectivity index (χ2v) is 8.01. The minimum absolute atomic E-state index is 0. The summed E-state index contributed by atoms with van der Waals surface area (Å²) in [5.41, 5.74) is 0.588. The van der Waals surface area contributed by atoms with Gasteiger partial charge in [-0.05, 0) is 36.8 Å². The van der Waals surface area contributed by atoms with E-state index in [2.05, 4.69) is 9.88 Å². The zero-order valence-electron chi connectivity index (χ0n) is 15.6. The Hall–Kier alpha value is -1.93. The molecule has 0 unspecified atom stereocenters. The van der Waals surface area contributed by atoms with Crippen molar-refractivity contribution in [2.45, 2.75) is 11.3 Å². The summed E-state index contributed by atoms with van der Waals surface area (Å²) >= 11 is 0. The van der Waals surface area contributed by atoms with Crippen molar-refractivity contribution in [1.29, 1.82) is 0 Å². The van der Waals surface area contributed by atoms with Gasteiger partial charge in [0.15, 0.2) is 0 Å². The molecule has 1 aromatic carbocycles. The van der Waals surface area contributed by atoms with Crippen LogP contribution in [0.15, 0.2) is 59.0 Å². The molecule has 1 aliphatic heterocycles. The lowest BCUT2D eigenvalue weighted by Crippen LogP contribution is -2.37. The lowest BCUT2D eigenvalue weighted by molar-refractivity contribution is 0.0357. The van der Waals surface area contributed by atoms with Crippen LogP contribution in [0, 0.1) is 0 Å². The number of nitrogens with zero attached hydrogens (tertiary/aromatic N) is 2. The van der Waals surface area contributed by atoms with Crippen LogP contribution >= 0.6 is 12.4 Å². The minimum atomic E-state index is -3.62. The molecule has 1 aromatic heterocycles. The molecule has 2 heterocycles. The zero-order chi connectivity index (χ0) is 19.0. The number of sulfone groups is 1. The molecule has 3 rings (SSSR count). The molecule has 0 saturated carbocycles. The van der Waals surface area contributed by atoms with Crippen LogP contribution in [0.4, 0.5) is 0 Å². The number of morpholine rings is 1. The Kier molecular flexibility index (Phi) is 8.92. The Morgan fingerprint density at radius 2 is 1.86 bits per heavy atom. The fourth-order valence-electron chi connectivity index (χ4n) is 2.81. The highest BCUT2D eigenvalue weighted by atomic mass is 35.5. The van der Waals surface area contributed by atoms with Crippen molar-refractivity contribution in [2.75, 3.05) is 39.5 Å². The molecule has 0 bridgehead atoms. The lowest BCUT2D eigenvalue weighted by Gasteiger charge is -2.26. The van der Waals surface area contributed by atoms with Gasteiger partial charge in [0.1, 0.15) is 10.6 Å². The third kappa shape index (κ3) is 6.60. The summed E-state index contributed by atoms with van der Waals surface area (Å²) in [6.07, 6.45) is 3.94. The first-order valence-corrected chi connectivity index (χ1v) is 10.6. The Balaban J connectivity index is 0.00000280. The van der Waals surface area contributed by atoms with Crippen molar-refractivity contribution >= 4 is 28.3 Å². The molecule has 2 aromatic rings. The summed E-state index contributed by atoms with van der Waals surface area (Å²) in [4.78, 5) is 6.60. The normalized spacial score (nSPS) is 15.3. The molecule has 0 spiro atoms. The number of rotatable bonds is 8. The monoisotopic (exact) mass is 424 g/mol. The fourth-order valence-corrected chi connectivity index (χ4v) is 3.95. The molecule has 0 aliphatic carbocycles. The average Bonchev–Trinajstić information content (AvgIpc) is 2.72. The first kappa shape index (κ1) is 22.4. The van der Waals surface area contributed by atoms with Crippen molar-refractivity contribution in [1.82, 2.24) is 9.88 Å². The van der Waals surface area contributed by atoms with Crippen LogP contribution in [0.3, 0.4) is 0 Å². The van der Waals surface area contributed by atoms with E-state index in [0.29, 0.717) is 18.1 Å². The van der Waals surface area contributed by atoms with E-state index in [1.165, 1.54) is 11.5 Å². The molecule has 0 radical (unpaired) electrons. The molecule has 0 atom stereocenters. The standard InChI is InChI=1S/C20H24N2O4S.ClH/c23-27(24,17-9-18-6-3-4-10-21-18)20-8-2-1-7-19(20)26-14-5-11-22-12-15-25-16-13-22;/h1-4,6-10,17H,5,11-16H2;1H/b17-9+;. The van der Waals surface area contributed by atoms with Crippen LogP contribution in [0.5, 0.6) is 5.75 Å². The van der Waals surface area contributed by atoms with E-state index in [-0.39, 0.29) is 17.3 Å². The molecule has 152 valence electrons. The predicted octanol–water partition coefficient (Wildman–Crippen LogP) is 3.05. The van der Waals surface area contributed by atoms with Gasteiger partial charge in [0, 0.05) is 31.2 Å². The van der Waals surface area contributed by atoms with Crippen LogP contribution in [0.25, 0.3) is 6.08 Å². The number of halogens is 1. The Bertz CT molecular complexity index is 854. The Morgan fingerprint density at radius 3 is 2.61 bits per heavy atom. The molecule has 0 amide bonds. The highest BCUT2D eigenvalue weighted by Crippen LogP contribution is 2.25. The van der Waals surface area contributed by atoms with Gasteiger partial charge in [-0.25, -0.2) is 8.42 Å². The number of aromatic nitrogens is 1. The van der Waals surface area contributed by atoms with Crippen molar-refractivity contribution in [3.05, 3.63) is 59.8 Å². The maximum absolute atomic E-state index is 12.7. The SMILES string of the molecule is Cl.O=S(=O)(/C=C/c1ccccn1)c1ccccc1OCCCN1CCOCC1. The van der Waals surface area contributed by atoms with Gasteiger partial charge >= 0.3 is 0 Å². The summed E-state index contributed by atoms with van der Waals surface area (Å²) in [5, 5.41) is 1.17. The average molecular weight is 425 g/mol. The number of hydrogen-bond donors (Lipinski definition) is 0. The molecule has 0 N–H and O–H groups in total. The maximum atomic E-state index is 12.7. The van der Waals surface area contributed by atoms with Gasteiger partial charge in [-0.15, -0.1) is 12.4 Å². The van der Waals surface area contributed by atoms with E-state index in [4.69, 9.17) is 9.47 Å². The van der Waals surface area contributed by atoms with Crippen molar-refractivity contribution in [2.24, 2.45) is 0 Å². The second kappa shape index (κ2) is 11.2. The summed E-state index contributed by atoms with van der Waals surface area (Å²) < 4.78 is 36.5. The van der Waals surface area contributed by atoms with E-state index in [1.807, 2.05) is 6.07 Å². The second-order valence-electron chi connectivity index (χ2n) is 6.21. The summed E-state index contributed by atoms with van der Waals surface area (Å²) in [6.45, 7) is 4.79. The topological polar surface area (TPSA) is 68.7 Å². The number of ether oxygens (including phenoxy) is 2. The van der Waals surface area contributed by atoms with Crippen LogP contribution < -0.4 is 4.74 Å². The van der Waals surface area contributed by atoms with Crippen molar-refractivity contribution < 1.29 is 17.9 Å². The molecule has 8 heteroatoms. The molecule has 28 heavy (non-hydrogen) atoms. The van der Waals surface area contributed by atoms with E-state index in [9.17, 15) is 8.42 Å². The predicted molar refractivity (Wildman–Crippen MR) is 112 cm³/mol. The van der Waals surface area contributed by atoms with Crippen molar-refractivity contribution in [3.63, 3.8) is 0 Å². The number of pyridine rings is 1. The molecule has 1 aliphatic rings.